The molecule has 0 fully saturated rings. The summed E-state index contributed by atoms with van der Waals surface area (Å²) in [7, 11) is 0. The summed E-state index contributed by atoms with van der Waals surface area (Å²) in [4.78, 5) is 51.5. The van der Waals surface area contributed by atoms with E-state index in [2.05, 4.69) is 32.9 Å². The Labute approximate surface area is 197 Å². The number of carbonyl (C=O) groups excluding carboxylic acids is 1. The van der Waals surface area contributed by atoms with Gasteiger partial charge < -0.3 is 21.1 Å². The Balaban J connectivity index is 1.72. The number of anilines is 3. The molecule has 9 nitrogen and oxygen atoms in total. The number of carboxylic acids is 1. The SMILES string of the molecule is CC#CNc1c(N[C@@H](Cc2ccc(C(=O)Nc3c(Cl)cncc3Cl)cc2)C(=O)O)c(=O)c1=O. The van der Waals surface area contributed by atoms with Crippen LogP contribution in [0.4, 0.5) is 17.1 Å². The van der Waals surface area contributed by atoms with E-state index in [9.17, 15) is 24.3 Å². The summed E-state index contributed by atoms with van der Waals surface area (Å²) in [5.74, 6) is 0.827. The molecular formula is C22H16Cl2N4O5. The third-order valence-corrected chi connectivity index (χ3v) is 5.16. The summed E-state index contributed by atoms with van der Waals surface area (Å²) >= 11 is 12.0. The van der Waals surface area contributed by atoms with Gasteiger partial charge in [-0.05, 0) is 24.6 Å². The van der Waals surface area contributed by atoms with Crippen LogP contribution < -0.4 is 26.8 Å². The molecule has 33 heavy (non-hydrogen) atoms. The summed E-state index contributed by atoms with van der Waals surface area (Å²) in [5.41, 5.74) is -0.695. The Morgan fingerprint density at radius 2 is 1.64 bits per heavy atom. The van der Waals surface area contributed by atoms with E-state index in [-0.39, 0.29) is 39.1 Å². The van der Waals surface area contributed by atoms with Gasteiger partial charge in [-0.15, -0.1) is 0 Å². The highest BCUT2D eigenvalue weighted by Gasteiger charge is 2.26. The van der Waals surface area contributed by atoms with E-state index in [1.165, 1.54) is 31.5 Å². The van der Waals surface area contributed by atoms with E-state index < -0.39 is 28.8 Å². The molecule has 3 aromatic rings. The zero-order chi connectivity index (χ0) is 24.1. The second-order valence-corrected chi connectivity index (χ2v) is 7.59. The van der Waals surface area contributed by atoms with Gasteiger partial charge in [0.05, 0.1) is 15.7 Å². The van der Waals surface area contributed by atoms with Gasteiger partial charge >= 0.3 is 5.97 Å². The van der Waals surface area contributed by atoms with Gasteiger partial charge in [0.15, 0.2) is 0 Å². The Hall–Kier alpha value is -3.87. The van der Waals surface area contributed by atoms with E-state index in [0.29, 0.717) is 5.56 Å². The molecular weight excluding hydrogens is 471 g/mol. The van der Waals surface area contributed by atoms with Gasteiger partial charge in [0.1, 0.15) is 17.4 Å². The molecule has 0 unspecified atom stereocenters. The number of hydrogen-bond acceptors (Lipinski definition) is 7. The summed E-state index contributed by atoms with van der Waals surface area (Å²) in [6.45, 7) is 1.54. The van der Waals surface area contributed by atoms with Crippen molar-refractivity contribution in [3.63, 3.8) is 0 Å². The topological polar surface area (TPSA) is 137 Å². The van der Waals surface area contributed by atoms with E-state index in [1.807, 2.05) is 0 Å². The van der Waals surface area contributed by atoms with Crippen LogP contribution in [0.5, 0.6) is 0 Å². The number of aromatic nitrogens is 1. The Kier molecular flexibility index (Phi) is 7.33. The Morgan fingerprint density at radius 1 is 1.03 bits per heavy atom. The molecule has 0 radical (unpaired) electrons. The first-order valence-electron chi connectivity index (χ1n) is 9.42. The van der Waals surface area contributed by atoms with Crippen molar-refractivity contribution in [1.82, 2.24) is 4.98 Å². The van der Waals surface area contributed by atoms with Gasteiger partial charge in [0, 0.05) is 30.4 Å². The first-order chi connectivity index (χ1) is 15.7. The molecule has 3 rings (SSSR count). The lowest BCUT2D eigenvalue weighted by molar-refractivity contribution is -0.137. The number of nitrogens with one attached hydrogen (secondary N) is 3. The van der Waals surface area contributed by atoms with Crippen LogP contribution in [0.15, 0.2) is 46.2 Å². The highest BCUT2D eigenvalue weighted by atomic mass is 35.5. The van der Waals surface area contributed by atoms with Crippen LogP contribution >= 0.6 is 23.2 Å². The van der Waals surface area contributed by atoms with E-state index >= 15 is 0 Å². The third-order valence-electron chi connectivity index (χ3n) is 4.59. The van der Waals surface area contributed by atoms with Gasteiger partial charge in [-0.25, -0.2) is 4.79 Å². The molecule has 11 heteroatoms. The maximum Gasteiger partial charge on any atom is 0.326 e. The lowest BCUT2D eigenvalue weighted by Crippen LogP contribution is -2.42. The second kappa shape index (κ2) is 10.2. The lowest BCUT2D eigenvalue weighted by Gasteiger charge is -2.18. The number of hydrogen-bond donors (Lipinski definition) is 4. The number of benzene rings is 1. The summed E-state index contributed by atoms with van der Waals surface area (Å²) in [5, 5.41) is 17.6. The fourth-order valence-corrected chi connectivity index (χ4v) is 3.35. The number of pyridine rings is 1. The van der Waals surface area contributed by atoms with Crippen molar-refractivity contribution in [3.8, 4) is 12.0 Å². The van der Waals surface area contributed by atoms with Crippen molar-refractivity contribution in [2.75, 3.05) is 16.0 Å². The van der Waals surface area contributed by atoms with Crippen molar-refractivity contribution in [2.24, 2.45) is 0 Å². The van der Waals surface area contributed by atoms with Crippen LogP contribution in [-0.4, -0.2) is 28.0 Å². The van der Waals surface area contributed by atoms with E-state index in [1.54, 1.807) is 12.1 Å². The number of rotatable bonds is 8. The Bertz CT molecular complexity index is 1330. The number of carboxylic acid groups (broad SMARTS) is 1. The van der Waals surface area contributed by atoms with Crippen LogP contribution in [0.1, 0.15) is 22.8 Å². The molecule has 1 atom stereocenters. The van der Waals surface area contributed by atoms with Gasteiger partial charge in [0.25, 0.3) is 16.8 Å². The molecule has 1 heterocycles. The number of halogens is 2. The molecule has 2 aromatic carbocycles. The molecule has 0 aliphatic carbocycles. The number of carbonyl (C=O) groups is 2. The summed E-state index contributed by atoms with van der Waals surface area (Å²) < 4.78 is 0. The minimum Gasteiger partial charge on any atom is -0.480 e. The number of amides is 1. The normalized spacial score (nSPS) is 11.2. The van der Waals surface area contributed by atoms with Crippen molar-refractivity contribution in [2.45, 2.75) is 19.4 Å². The monoisotopic (exact) mass is 486 g/mol. The third kappa shape index (κ3) is 5.31. The summed E-state index contributed by atoms with van der Waals surface area (Å²) in [6, 6.07) is 7.42. The van der Waals surface area contributed by atoms with Crippen molar-refractivity contribution in [3.05, 3.63) is 78.3 Å². The molecule has 0 bridgehead atoms. The minimum absolute atomic E-state index is 0.0169. The van der Waals surface area contributed by atoms with Gasteiger partial charge in [-0.3, -0.25) is 19.4 Å². The van der Waals surface area contributed by atoms with Gasteiger partial charge in [-0.2, -0.15) is 0 Å². The van der Waals surface area contributed by atoms with E-state index in [4.69, 9.17) is 23.2 Å². The van der Waals surface area contributed by atoms with E-state index in [0.717, 1.165) is 0 Å². The molecule has 4 N–H and O–H groups in total. The maximum atomic E-state index is 12.5. The highest BCUT2D eigenvalue weighted by Crippen LogP contribution is 2.29. The molecule has 0 aliphatic rings. The predicted molar refractivity (Wildman–Crippen MR) is 126 cm³/mol. The highest BCUT2D eigenvalue weighted by molar-refractivity contribution is 6.39. The predicted octanol–water partition coefficient (Wildman–Crippen LogP) is 2.74. The van der Waals surface area contributed by atoms with Crippen LogP contribution in [0.25, 0.3) is 0 Å². The molecule has 168 valence electrons. The van der Waals surface area contributed by atoms with Crippen LogP contribution in [-0.2, 0) is 11.2 Å². The Morgan fingerprint density at radius 3 is 2.21 bits per heavy atom. The zero-order valence-electron chi connectivity index (χ0n) is 17.0. The number of nitrogens with zero attached hydrogens (tertiary/aromatic N) is 1. The fraction of sp³-hybridized carbons (Fsp3) is 0.136. The average Bonchev–Trinajstić information content (AvgIpc) is 2.80. The van der Waals surface area contributed by atoms with Crippen LogP contribution in [0.2, 0.25) is 10.0 Å². The first-order valence-corrected chi connectivity index (χ1v) is 10.2. The molecule has 0 spiro atoms. The van der Waals surface area contributed by atoms with Crippen molar-refractivity contribution in [1.29, 1.82) is 0 Å². The summed E-state index contributed by atoms with van der Waals surface area (Å²) in [6.07, 6.45) is 2.67. The minimum atomic E-state index is -1.22. The quantitative estimate of drug-likeness (QED) is 0.216. The molecule has 0 aliphatic heterocycles. The maximum absolute atomic E-state index is 12.5. The second-order valence-electron chi connectivity index (χ2n) is 6.78. The smallest absolute Gasteiger partial charge is 0.326 e. The van der Waals surface area contributed by atoms with Crippen LogP contribution in [0.3, 0.4) is 0 Å². The average molecular weight is 487 g/mol. The molecule has 1 amide bonds. The standard InChI is InChI=1S/C22H16Cl2N4O5/c1-2-7-26-17-18(20(30)19(17)29)27-15(22(32)33)8-11-3-5-12(6-4-11)21(31)28-16-13(23)9-25-10-14(16)24/h3-6,9-10,15,26-27H,8H2,1H3,(H,32,33)(H,25,28,31)/t15-/m0/s1. The number of aliphatic carboxylic acids is 1. The fourth-order valence-electron chi connectivity index (χ4n) is 2.89. The molecule has 1 aromatic heterocycles. The van der Waals surface area contributed by atoms with Gasteiger partial charge in [-0.1, -0.05) is 41.3 Å². The largest absolute Gasteiger partial charge is 0.480 e. The van der Waals surface area contributed by atoms with Crippen molar-refractivity contribution < 1.29 is 14.7 Å². The zero-order valence-corrected chi connectivity index (χ0v) is 18.5. The molecule has 0 saturated carbocycles. The van der Waals surface area contributed by atoms with Gasteiger partial charge in [0.2, 0.25) is 0 Å². The van der Waals surface area contributed by atoms with Crippen LogP contribution in [0, 0.1) is 12.0 Å². The first kappa shape index (κ1) is 23.8. The van der Waals surface area contributed by atoms with Crippen molar-refractivity contribution >= 4 is 52.1 Å². The molecule has 0 saturated heterocycles. The lowest BCUT2D eigenvalue weighted by atomic mass is 10.0.